The average Bonchev–Trinajstić information content (AvgIpc) is 3.76. The minimum Gasteiger partial charge on any atom is -0.522 e. The van der Waals surface area contributed by atoms with Crippen LogP contribution in [0.25, 0.3) is 50.2 Å². The summed E-state index contributed by atoms with van der Waals surface area (Å²) in [5.74, 6) is 1.50. The maximum Gasteiger partial charge on any atom is 0.269 e. The van der Waals surface area contributed by atoms with Crippen LogP contribution in [0.5, 0.6) is 11.5 Å². The van der Waals surface area contributed by atoms with Gasteiger partial charge in [0, 0.05) is 44.0 Å². The molecule has 0 bridgehead atoms. The molecule has 58 heavy (non-hydrogen) atoms. The number of benzene rings is 4. The number of hydrogen-bond donors (Lipinski definition) is 0. The Morgan fingerprint density at radius 1 is 0.690 bits per heavy atom. The molecule has 0 spiro atoms. The summed E-state index contributed by atoms with van der Waals surface area (Å²) in [5.41, 5.74) is 6.97. The van der Waals surface area contributed by atoms with Crippen molar-refractivity contribution in [3.63, 3.8) is 0 Å². The Hall–Kier alpha value is -5.06. The van der Waals surface area contributed by atoms with Crippen molar-refractivity contribution in [2.24, 2.45) is 11.8 Å². The quantitative estimate of drug-likeness (QED) is 0.107. The van der Waals surface area contributed by atoms with Gasteiger partial charge in [0.2, 0.25) is 0 Å². The van der Waals surface area contributed by atoms with E-state index in [0.717, 1.165) is 44.2 Å². The number of fused-ring (bicyclic) bond motifs is 4. The van der Waals surface area contributed by atoms with E-state index in [-0.39, 0.29) is 43.7 Å². The zero-order valence-corrected chi connectivity index (χ0v) is 37.2. The van der Waals surface area contributed by atoms with Gasteiger partial charge in [0.1, 0.15) is 5.82 Å². The molecule has 0 aliphatic heterocycles. The van der Waals surface area contributed by atoms with E-state index in [1.165, 1.54) is 5.56 Å². The first-order valence-electron chi connectivity index (χ1n) is 21.8. The predicted octanol–water partition coefficient (Wildman–Crippen LogP) is 12.0. The summed E-state index contributed by atoms with van der Waals surface area (Å²) in [6, 6.07) is 36.8. The zero-order valence-electron chi connectivity index (χ0n) is 38.9. The molecule has 0 fully saturated rings. The topological polar surface area (TPSA) is 48.8 Å². The van der Waals surface area contributed by atoms with Crippen LogP contribution in [-0.2, 0) is 44.6 Å². The first-order valence-corrected chi connectivity index (χ1v) is 19.8. The molecule has 4 aromatic carbocycles. The second kappa shape index (κ2) is 15.9. The van der Waals surface area contributed by atoms with Crippen molar-refractivity contribution in [3.05, 3.63) is 144 Å². The van der Waals surface area contributed by atoms with Crippen LogP contribution in [0.1, 0.15) is 97.0 Å². The molecule has 0 N–H and O–H groups in total. The average molecular weight is 951 g/mol. The Kier molecular flexibility index (Phi) is 9.91. The smallest absolute Gasteiger partial charge is 0.269 e. The van der Waals surface area contributed by atoms with Crippen molar-refractivity contribution in [2.75, 3.05) is 0 Å². The van der Waals surface area contributed by atoms with Gasteiger partial charge in [-0.15, -0.1) is 17.5 Å². The second-order valence-electron chi connectivity index (χ2n) is 17.5. The molecule has 4 aromatic heterocycles. The fraction of sp³-hybridized carbons (Fsp3) is 0.314. The number of nitrogens with zero attached hydrogens (tertiary/aromatic N) is 5. The van der Waals surface area contributed by atoms with E-state index < -0.39 is 12.7 Å². The monoisotopic (exact) mass is 950 g/mol. The van der Waals surface area contributed by atoms with Crippen molar-refractivity contribution < 1.29 is 35.9 Å². The van der Waals surface area contributed by atoms with E-state index in [1.54, 1.807) is 18.3 Å². The van der Waals surface area contributed by atoms with Crippen LogP contribution in [0.4, 0.5) is 0 Å². The summed E-state index contributed by atoms with van der Waals surface area (Å²) < 4.78 is 48.6. The normalized spacial score (nSPS) is 13.8. The maximum atomic E-state index is 9.05. The molecule has 0 saturated heterocycles. The van der Waals surface area contributed by atoms with Crippen molar-refractivity contribution in [3.8, 4) is 28.8 Å². The van der Waals surface area contributed by atoms with Gasteiger partial charge >= 0.3 is 0 Å². The van der Waals surface area contributed by atoms with Gasteiger partial charge in [-0.2, -0.15) is 18.2 Å². The second-order valence-corrected chi connectivity index (χ2v) is 17.5. The largest absolute Gasteiger partial charge is 0.522 e. The van der Waals surface area contributed by atoms with Crippen LogP contribution in [0, 0.1) is 30.3 Å². The fourth-order valence-electron chi connectivity index (χ4n) is 7.33. The summed E-state index contributed by atoms with van der Waals surface area (Å²) in [4.78, 5) is 9.58. The maximum absolute atomic E-state index is 9.05. The molecule has 7 heteroatoms. The standard InChI is InChI=1S/C51H53N5O.Pt/c1-33(2)23-35-25-36(24-34(3)4)27-39(26-35)54-32-55(47-28-37(50(5,6)7)15-18-45(47)54)48-31-41(20-22-52-48)57-40-16-17-43-42-13-11-12-14-44(42)56(46(43)30-40)49-29-38(19-21-53-49)51(8,9)10;/h11-22,25-29,33-34H,23-24H2,1-10H3;/q-2;/i23D2,24D2;. The van der Waals surface area contributed by atoms with Gasteiger partial charge in [0.05, 0.1) is 22.5 Å². The summed E-state index contributed by atoms with van der Waals surface area (Å²) in [6.45, 7) is 20.5. The van der Waals surface area contributed by atoms with Crippen molar-refractivity contribution in [1.29, 1.82) is 0 Å². The van der Waals surface area contributed by atoms with Crippen LogP contribution >= 0.6 is 0 Å². The first kappa shape index (κ1) is 36.1. The molecule has 0 radical (unpaired) electrons. The van der Waals surface area contributed by atoms with Crippen LogP contribution in [-0.4, -0.2) is 19.1 Å². The SMILES string of the molecule is [2H]C([2H])(c1cc(-[n+]2[c-]n(-c3[c-]c(Oc4[c-]c5c(cc4)c4ccccc4n5-c4cc(C(C)(C)C)ccn4)ccn3)c3cc(C(C)(C)C)ccc32)cc(C([2H])([2H])C(C)C)c1)C(C)C.[Pt]. The first-order chi connectivity index (χ1) is 28.6. The van der Waals surface area contributed by atoms with Crippen LogP contribution in [0.15, 0.2) is 103 Å². The molecule has 300 valence electrons. The van der Waals surface area contributed by atoms with Crippen molar-refractivity contribution in [2.45, 2.75) is 92.8 Å². The molecule has 0 aliphatic rings. The number of rotatable bonds is 9. The summed E-state index contributed by atoms with van der Waals surface area (Å²) in [5, 5.41) is 2.13. The third-order valence-electron chi connectivity index (χ3n) is 10.1. The van der Waals surface area contributed by atoms with Crippen molar-refractivity contribution in [1.82, 2.24) is 19.1 Å². The Labute approximate surface area is 363 Å². The Balaban J connectivity index is 0.00000578. The van der Waals surface area contributed by atoms with E-state index in [4.69, 9.17) is 20.2 Å². The number of para-hydroxylation sites is 1. The van der Waals surface area contributed by atoms with E-state index in [0.29, 0.717) is 34.1 Å². The van der Waals surface area contributed by atoms with Gasteiger partial charge in [-0.05, 0) is 94.1 Å². The van der Waals surface area contributed by atoms with Crippen LogP contribution < -0.4 is 9.30 Å². The molecule has 8 aromatic rings. The molecule has 0 atom stereocenters. The number of imidazole rings is 1. The molecule has 0 saturated carbocycles. The molecule has 4 heterocycles. The van der Waals surface area contributed by atoms with Gasteiger partial charge in [-0.25, -0.2) is 4.98 Å². The Bertz CT molecular complexity index is 2920. The minimum atomic E-state index is -1.71. The van der Waals surface area contributed by atoms with Gasteiger partial charge in [-0.3, -0.25) is 14.1 Å². The fourth-order valence-corrected chi connectivity index (χ4v) is 7.33. The summed E-state index contributed by atoms with van der Waals surface area (Å²) in [6.07, 6.45) is 3.64. The molecular formula is C51H53N5OPt-2. The van der Waals surface area contributed by atoms with Crippen LogP contribution in [0.2, 0.25) is 0 Å². The minimum absolute atomic E-state index is 0. The summed E-state index contributed by atoms with van der Waals surface area (Å²) in [7, 11) is 0. The molecule has 6 nitrogen and oxygen atoms in total. The van der Waals surface area contributed by atoms with Gasteiger partial charge in [0.15, 0.2) is 0 Å². The van der Waals surface area contributed by atoms with E-state index in [9.17, 15) is 0 Å². The van der Waals surface area contributed by atoms with Gasteiger partial charge in [-0.1, -0.05) is 128 Å². The van der Waals surface area contributed by atoms with Gasteiger partial charge < -0.3 is 9.30 Å². The van der Waals surface area contributed by atoms with Gasteiger partial charge in [0.25, 0.3) is 6.33 Å². The summed E-state index contributed by atoms with van der Waals surface area (Å²) >= 11 is 0. The number of ether oxygens (including phenoxy) is 1. The number of aromatic nitrogens is 5. The molecule has 0 unspecified atom stereocenters. The molecule has 8 rings (SSSR count). The third kappa shape index (κ3) is 8.27. The Morgan fingerprint density at radius 2 is 1.34 bits per heavy atom. The van der Waals surface area contributed by atoms with Crippen LogP contribution in [0.3, 0.4) is 0 Å². The molecular weight excluding hydrogens is 894 g/mol. The van der Waals surface area contributed by atoms with E-state index in [1.807, 2.05) is 79.4 Å². The molecule has 0 aliphatic carbocycles. The van der Waals surface area contributed by atoms with E-state index in [2.05, 4.69) is 107 Å². The molecule has 0 amide bonds. The zero-order chi connectivity index (χ0) is 43.8. The number of pyridine rings is 2. The Morgan fingerprint density at radius 3 is 2.03 bits per heavy atom. The number of hydrogen-bond acceptors (Lipinski definition) is 3. The van der Waals surface area contributed by atoms with Crippen molar-refractivity contribution >= 4 is 32.8 Å². The third-order valence-corrected chi connectivity index (χ3v) is 10.1. The predicted molar refractivity (Wildman–Crippen MR) is 232 cm³/mol. The van der Waals surface area contributed by atoms with E-state index >= 15 is 0 Å².